The zero-order valence-corrected chi connectivity index (χ0v) is 9.72. The third-order valence-electron chi connectivity index (χ3n) is 3.27. The average molecular weight is 268 g/mol. The van der Waals surface area contributed by atoms with E-state index in [9.17, 15) is 15.0 Å². The Bertz CT molecular complexity index is 667. The lowest BCUT2D eigenvalue weighted by Gasteiger charge is -2.28. The quantitative estimate of drug-likeness (QED) is 0.473. The van der Waals surface area contributed by atoms with Crippen molar-refractivity contribution < 1.29 is 20.1 Å². The van der Waals surface area contributed by atoms with Crippen molar-refractivity contribution in [2.45, 2.75) is 17.9 Å². The highest BCUT2D eigenvalue weighted by Crippen LogP contribution is 2.29. The maximum Gasteiger partial charge on any atom is 0.254 e. The summed E-state index contributed by atoms with van der Waals surface area (Å²) >= 11 is 0. The van der Waals surface area contributed by atoms with Crippen molar-refractivity contribution in [2.75, 3.05) is 13.2 Å². The molecule has 0 saturated carbocycles. The summed E-state index contributed by atoms with van der Waals surface area (Å²) < 4.78 is 6.02. The number of aliphatic hydroxyl groups is 3. The molecule has 9 heteroatoms. The van der Waals surface area contributed by atoms with Gasteiger partial charge in [-0.2, -0.15) is 10.3 Å². The number of H-pyrrole nitrogens is 1. The predicted molar refractivity (Wildman–Crippen MR) is 61.2 cm³/mol. The van der Waals surface area contributed by atoms with Crippen molar-refractivity contribution in [3.8, 4) is 0 Å². The van der Waals surface area contributed by atoms with Gasteiger partial charge in [-0.25, -0.2) is 0 Å². The molecule has 9 nitrogen and oxygen atoms in total. The minimum absolute atomic E-state index is 0.108. The zero-order valence-electron chi connectivity index (χ0n) is 9.72. The Kier molecular flexibility index (Phi) is 2.64. The van der Waals surface area contributed by atoms with E-state index >= 15 is 0 Å². The van der Waals surface area contributed by atoms with Gasteiger partial charge in [0.15, 0.2) is 11.4 Å². The number of nitrogens with zero attached hydrogens (tertiary/aromatic N) is 3. The molecule has 2 aromatic rings. The Hall–Kier alpha value is -1.81. The van der Waals surface area contributed by atoms with Gasteiger partial charge in [0.1, 0.15) is 17.7 Å². The average Bonchev–Trinajstić information content (AvgIpc) is 2.96. The van der Waals surface area contributed by atoms with Crippen LogP contribution in [-0.2, 0) is 10.5 Å². The van der Waals surface area contributed by atoms with Gasteiger partial charge < -0.3 is 20.1 Å². The van der Waals surface area contributed by atoms with Gasteiger partial charge in [0.25, 0.3) is 5.56 Å². The number of rotatable bonds is 2. The topological polar surface area (TPSA) is 133 Å². The van der Waals surface area contributed by atoms with E-state index in [0.29, 0.717) is 5.52 Å². The van der Waals surface area contributed by atoms with Crippen molar-refractivity contribution in [1.29, 1.82) is 0 Å². The molecule has 19 heavy (non-hydrogen) atoms. The molecule has 0 aliphatic carbocycles. The summed E-state index contributed by atoms with van der Waals surface area (Å²) in [4.78, 5) is 12.0. The first kappa shape index (κ1) is 12.2. The third kappa shape index (κ3) is 1.60. The summed E-state index contributed by atoms with van der Waals surface area (Å²) in [5.41, 5.74) is -2.06. The Morgan fingerprint density at radius 3 is 3.00 bits per heavy atom. The fraction of sp³-hybridized carbons (Fsp3) is 0.500. The smallest absolute Gasteiger partial charge is 0.254 e. The molecule has 4 N–H and O–H groups in total. The Balaban J connectivity index is 2.21. The summed E-state index contributed by atoms with van der Waals surface area (Å²) in [5.74, 6) is 0. The van der Waals surface area contributed by atoms with E-state index in [1.165, 1.54) is 12.1 Å². The predicted octanol–water partition coefficient (Wildman–Crippen LogP) is -2.48. The lowest BCUT2D eigenvalue weighted by Crippen LogP contribution is -2.51. The second-order valence-corrected chi connectivity index (χ2v) is 4.39. The molecule has 2 unspecified atom stereocenters. The molecule has 3 rings (SSSR count). The van der Waals surface area contributed by atoms with Gasteiger partial charge in [0, 0.05) is 6.07 Å². The monoisotopic (exact) mass is 268 g/mol. The van der Waals surface area contributed by atoms with Crippen molar-refractivity contribution >= 4 is 11.2 Å². The van der Waals surface area contributed by atoms with Crippen LogP contribution in [0.1, 0.15) is 0 Å². The number of hydrogen-bond acceptors (Lipinski definition) is 7. The van der Waals surface area contributed by atoms with Crippen LogP contribution in [0.4, 0.5) is 0 Å². The summed E-state index contributed by atoms with van der Waals surface area (Å²) in [6, 6.07) is 2.66. The Labute approximate surface area is 106 Å². The highest BCUT2D eigenvalue weighted by molar-refractivity contribution is 5.69. The first-order valence-corrected chi connectivity index (χ1v) is 5.64. The number of pyridine rings is 1. The molecule has 2 aromatic heterocycles. The maximum absolute atomic E-state index is 12.0. The lowest BCUT2D eigenvalue weighted by atomic mass is 10.1. The molecule has 1 aliphatic rings. The van der Waals surface area contributed by atoms with Crippen LogP contribution in [0, 0.1) is 0 Å². The highest BCUT2D eigenvalue weighted by Gasteiger charge is 2.50. The summed E-state index contributed by atoms with van der Waals surface area (Å²) in [6.45, 7) is -0.793. The molecule has 1 aliphatic heterocycles. The Morgan fingerprint density at radius 2 is 2.32 bits per heavy atom. The van der Waals surface area contributed by atoms with Gasteiger partial charge in [-0.05, 0) is 6.07 Å². The molecule has 3 heterocycles. The zero-order chi connectivity index (χ0) is 13.6. The first-order valence-electron chi connectivity index (χ1n) is 5.64. The molecule has 1 fully saturated rings. The number of aromatic nitrogens is 4. The molecule has 0 bridgehead atoms. The van der Waals surface area contributed by atoms with Gasteiger partial charge in [-0.15, -0.1) is 5.10 Å². The van der Waals surface area contributed by atoms with Crippen molar-refractivity contribution in [3.63, 3.8) is 0 Å². The number of ether oxygens (including phenoxy) is 1. The van der Waals surface area contributed by atoms with Crippen LogP contribution in [0.2, 0.25) is 0 Å². The molecule has 1 saturated heterocycles. The largest absolute Gasteiger partial charge is 0.394 e. The number of hydrogen-bond donors (Lipinski definition) is 4. The van der Waals surface area contributed by atoms with E-state index in [1.807, 2.05) is 0 Å². The maximum atomic E-state index is 12.0. The van der Waals surface area contributed by atoms with E-state index < -0.39 is 30.1 Å². The molecule has 3 atom stereocenters. The van der Waals surface area contributed by atoms with E-state index in [0.717, 1.165) is 4.57 Å². The van der Waals surface area contributed by atoms with E-state index in [2.05, 4.69) is 15.4 Å². The highest BCUT2D eigenvalue weighted by atomic mass is 16.5. The summed E-state index contributed by atoms with van der Waals surface area (Å²) in [6.07, 6.45) is -2.41. The Morgan fingerprint density at radius 1 is 1.53 bits per heavy atom. The minimum Gasteiger partial charge on any atom is -0.394 e. The normalized spacial score (nSPS) is 31.1. The van der Waals surface area contributed by atoms with Crippen LogP contribution < -0.4 is 5.56 Å². The summed E-state index contributed by atoms with van der Waals surface area (Å²) in [5, 5.41) is 39.5. The molecular formula is C10H12N4O5. The van der Waals surface area contributed by atoms with Gasteiger partial charge in [-0.1, -0.05) is 0 Å². The number of aliphatic hydroxyl groups excluding tert-OH is 2. The van der Waals surface area contributed by atoms with E-state index in [1.54, 1.807) is 0 Å². The minimum atomic E-state index is -1.99. The molecule has 102 valence electrons. The van der Waals surface area contributed by atoms with Crippen molar-refractivity contribution in [3.05, 3.63) is 22.5 Å². The number of aromatic amines is 1. The second-order valence-electron chi connectivity index (χ2n) is 4.39. The van der Waals surface area contributed by atoms with Crippen LogP contribution >= 0.6 is 0 Å². The fourth-order valence-corrected chi connectivity index (χ4v) is 2.27. The van der Waals surface area contributed by atoms with E-state index in [4.69, 9.17) is 9.84 Å². The molecule has 0 amide bonds. The van der Waals surface area contributed by atoms with Crippen LogP contribution in [0.25, 0.3) is 11.2 Å². The van der Waals surface area contributed by atoms with Gasteiger partial charge in [0.2, 0.25) is 0 Å². The molecule has 0 radical (unpaired) electrons. The van der Waals surface area contributed by atoms with Crippen LogP contribution in [0.15, 0.2) is 16.9 Å². The molecule has 0 spiro atoms. The summed E-state index contributed by atoms with van der Waals surface area (Å²) in [7, 11) is 0. The van der Waals surface area contributed by atoms with Crippen molar-refractivity contribution in [2.24, 2.45) is 0 Å². The molecular weight excluding hydrogens is 256 g/mol. The van der Waals surface area contributed by atoms with Gasteiger partial charge in [0.05, 0.1) is 13.2 Å². The van der Waals surface area contributed by atoms with E-state index in [-0.39, 0.29) is 12.3 Å². The first-order chi connectivity index (χ1) is 9.08. The van der Waals surface area contributed by atoms with Crippen LogP contribution in [0.5, 0.6) is 0 Å². The van der Waals surface area contributed by atoms with Gasteiger partial charge >= 0.3 is 0 Å². The van der Waals surface area contributed by atoms with Crippen molar-refractivity contribution in [1.82, 2.24) is 20.0 Å². The molecule has 0 aromatic carbocycles. The van der Waals surface area contributed by atoms with Gasteiger partial charge in [-0.3, -0.25) is 9.36 Å². The van der Waals surface area contributed by atoms with Crippen LogP contribution in [0.3, 0.4) is 0 Å². The SMILES string of the molecule is O=c1ccc2n[nH]nc2n1C1(O)CO[C@H](CO)C1O. The third-order valence-corrected chi connectivity index (χ3v) is 3.27. The standard InChI is InChI=1S/C10H12N4O5/c15-3-6-8(17)10(18,4-19-6)14-7(16)2-1-5-9(14)12-13-11-5/h1-2,6,8,15,17-18H,3-4H2,(H,11,12,13)/t6-,8?,10?/m1/s1. The second kappa shape index (κ2) is 4.10. The lowest BCUT2D eigenvalue weighted by molar-refractivity contribution is -0.112. The number of fused-ring (bicyclic) bond motifs is 1. The fourth-order valence-electron chi connectivity index (χ4n) is 2.27. The number of nitrogens with one attached hydrogen (secondary N) is 1. The van der Waals surface area contributed by atoms with Crippen LogP contribution in [-0.4, -0.2) is 60.7 Å².